The van der Waals surface area contributed by atoms with E-state index in [0.29, 0.717) is 6.54 Å². The molecule has 3 N–H and O–H groups in total. The second-order valence-electron chi connectivity index (χ2n) is 3.01. The van der Waals surface area contributed by atoms with Gasteiger partial charge in [-0.05, 0) is 18.2 Å². The standard InChI is InChI=1S/C12H14N2O2/c1-16-11-6-2-4-10(8-11)5-3-7-14-12(15)9-13/h2,4,6,8H,7,9,13H2,1H3,(H,14,15). The van der Waals surface area contributed by atoms with Gasteiger partial charge in [0.05, 0.1) is 20.2 Å². The Labute approximate surface area is 94.8 Å². The molecule has 0 fully saturated rings. The molecule has 0 aliphatic rings. The van der Waals surface area contributed by atoms with Crippen LogP contribution in [0.3, 0.4) is 0 Å². The van der Waals surface area contributed by atoms with Crippen molar-refractivity contribution < 1.29 is 9.53 Å². The van der Waals surface area contributed by atoms with Crippen molar-refractivity contribution in [2.24, 2.45) is 5.73 Å². The molecule has 1 amide bonds. The zero-order valence-electron chi connectivity index (χ0n) is 9.12. The van der Waals surface area contributed by atoms with Gasteiger partial charge in [-0.25, -0.2) is 0 Å². The summed E-state index contributed by atoms with van der Waals surface area (Å²) in [6.07, 6.45) is 0. The minimum absolute atomic E-state index is 0.0131. The number of rotatable bonds is 3. The summed E-state index contributed by atoms with van der Waals surface area (Å²) in [6, 6.07) is 7.42. The van der Waals surface area contributed by atoms with Gasteiger partial charge in [0, 0.05) is 5.56 Å². The maximum atomic E-state index is 10.8. The van der Waals surface area contributed by atoms with Crippen LogP contribution in [0.15, 0.2) is 24.3 Å². The molecule has 0 unspecified atom stereocenters. The molecular formula is C12H14N2O2. The van der Waals surface area contributed by atoms with E-state index >= 15 is 0 Å². The molecule has 0 aliphatic carbocycles. The molecule has 0 bridgehead atoms. The Kier molecular flexibility index (Phi) is 4.90. The zero-order chi connectivity index (χ0) is 11.8. The van der Waals surface area contributed by atoms with Gasteiger partial charge in [-0.1, -0.05) is 17.9 Å². The van der Waals surface area contributed by atoms with Gasteiger partial charge in [0.1, 0.15) is 5.75 Å². The second-order valence-corrected chi connectivity index (χ2v) is 3.01. The number of carbonyl (C=O) groups is 1. The smallest absolute Gasteiger partial charge is 0.234 e. The second kappa shape index (κ2) is 6.49. The van der Waals surface area contributed by atoms with Gasteiger partial charge >= 0.3 is 0 Å². The summed E-state index contributed by atoms with van der Waals surface area (Å²) in [5.41, 5.74) is 5.97. The number of ether oxygens (including phenoxy) is 1. The highest BCUT2D eigenvalue weighted by atomic mass is 16.5. The fourth-order valence-corrected chi connectivity index (χ4v) is 1.06. The van der Waals surface area contributed by atoms with Crippen molar-refractivity contribution in [3.05, 3.63) is 29.8 Å². The van der Waals surface area contributed by atoms with Crippen LogP contribution in [0.2, 0.25) is 0 Å². The minimum Gasteiger partial charge on any atom is -0.497 e. The fourth-order valence-electron chi connectivity index (χ4n) is 1.06. The number of benzene rings is 1. The molecular weight excluding hydrogens is 204 g/mol. The molecule has 0 spiro atoms. The van der Waals surface area contributed by atoms with Crippen LogP contribution in [0.25, 0.3) is 0 Å². The Morgan fingerprint density at radius 1 is 1.56 bits per heavy atom. The molecule has 4 heteroatoms. The molecule has 84 valence electrons. The summed E-state index contributed by atoms with van der Waals surface area (Å²) in [6.45, 7) is 0.286. The Hall–Kier alpha value is -1.99. The number of methoxy groups -OCH3 is 1. The van der Waals surface area contributed by atoms with Crippen molar-refractivity contribution in [3.8, 4) is 17.6 Å². The first-order chi connectivity index (χ1) is 7.76. The molecule has 16 heavy (non-hydrogen) atoms. The largest absolute Gasteiger partial charge is 0.497 e. The average Bonchev–Trinajstić information content (AvgIpc) is 2.34. The van der Waals surface area contributed by atoms with Crippen LogP contribution in [-0.2, 0) is 4.79 Å². The number of hydrogen-bond donors (Lipinski definition) is 2. The van der Waals surface area contributed by atoms with Crippen LogP contribution in [0.4, 0.5) is 0 Å². The van der Waals surface area contributed by atoms with Gasteiger partial charge in [0.25, 0.3) is 0 Å². The average molecular weight is 218 g/mol. The summed E-state index contributed by atoms with van der Waals surface area (Å²) >= 11 is 0. The molecule has 0 radical (unpaired) electrons. The molecule has 1 aromatic rings. The van der Waals surface area contributed by atoms with Gasteiger partial charge in [0.15, 0.2) is 0 Å². The van der Waals surface area contributed by atoms with E-state index in [1.807, 2.05) is 24.3 Å². The van der Waals surface area contributed by atoms with Crippen molar-refractivity contribution >= 4 is 5.91 Å². The summed E-state index contributed by atoms with van der Waals surface area (Å²) in [7, 11) is 1.61. The van der Waals surface area contributed by atoms with Crippen LogP contribution in [-0.4, -0.2) is 26.1 Å². The lowest BCUT2D eigenvalue weighted by Crippen LogP contribution is -2.30. The van der Waals surface area contributed by atoms with E-state index < -0.39 is 0 Å². The zero-order valence-corrected chi connectivity index (χ0v) is 9.12. The topological polar surface area (TPSA) is 64.3 Å². The van der Waals surface area contributed by atoms with Crippen molar-refractivity contribution in [3.63, 3.8) is 0 Å². The number of nitrogens with two attached hydrogens (primary N) is 1. The number of hydrogen-bond acceptors (Lipinski definition) is 3. The first-order valence-electron chi connectivity index (χ1n) is 4.86. The van der Waals surface area contributed by atoms with E-state index in [-0.39, 0.29) is 12.5 Å². The predicted octanol–water partition coefficient (Wildman–Crippen LogP) is 0.122. The lowest BCUT2D eigenvalue weighted by atomic mass is 10.2. The summed E-state index contributed by atoms with van der Waals surface area (Å²) in [4.78, 5) is 10.8. The number of nitrogens with one attached hydrogen (secondary N) is 1. The quantitative estimate of drug-likeness (QED) is 0.708. The highest BCUT2D eigenvalue weighted by molar-refractivity contribution is 5.77. The lowest BCUT2D eigenvalue weighted by molar-refractivity contribution is -0.119. The van der Waals surface area contributed by atoms with Crippen molar-refractivity contribution in [2.75, 3.05) is 20.2 Å². The summed E-state index contributed by atoms with van der Waals surface area (Å²) in [5, 5.41) is 2.56. The van der Waals surface area contributed by atoms with E-state index in [9.17, 15) is 4.79 Å². The Morgan fingerprint density at radius 2 is 2.38 bits per heavy atom. The molecule has 4 nitrogen and oxygen atoms in total. The van der Waals surface area contributed by atoms with Gasteiger partial charge in [0.2, 0.25) is 5.91 Å². The molecule has 1 rings (SSSR count). The maximum Gasteiger partial charge on any atom is 0.234 e. The first kappa shape index (κ1) is 12.1. The first-order valence-corrected chi connectivity index (χ1v) is 4.86. The van der Waals surface area contributed by atoms with Crippen LogP contribution in [0.1, 0.15) is 5.56 Å². The third kappa shape index (κ3) is 4.03. The molecule has 0 heterocycles. The van der Waals surface area contributed by atoms with Crippen molar-refractivity contribution in [1.82, 2.24) is 5.32 Å². The number of amides is 1. The van der Waals surface area contributed by atoms with Crippen molar-refractivity contribution in [2.45, 2.75) is 0 Å². The third-order valence-electron chi connectivity index (χ3n) is 1.86. The van der Waals surface area contributed by atoms with Crippen LogP contribution in [0.5, 0.6) is 5.75 Å². The van der Waals surface area contributed by atoms with E-state index in [2.05, 4.69) is 17.2 Å². The SMILES string of the molecule is COc1cccc(C#CCNC(=O)CN)c1. The highest BCUT2D eigenvalue weighted by Gasteiger charge is 1.93. The van der Waals surface area contributed by atoms with Crippen LogP contribution in [0, 0.1) is 11.8 Å². The summed E-state index contributed by atoms with van der Waals surface area (Å²) in [5.74, 6) is 6.29. The summed E-state index contributed by atoms with van der Waals surface area (Å²) < 4.78 is 5.06. The van der Waals surface area contributed by atoms with Crippen LogP contribution >= 0.6 is 0 Å². The third-order valence-corrected chi connectivity index (χ3v) is 1.86. The van der Waals surface area contributed by atoms with Gasteiger partial charge in [-0.15, -0.1) is 0 Å². The molecule has 0 aliphatic heterocycles. The minimum atomic E-state index is -0.208. The predicted molar refractivity (Wildman–Crippen MR) is 61.9 cm³/mol. The highest BCUT2D eigenvalue weighted by Crippen LogP contribution is 2.10. The van der Waals surface area contributed by atoms with Crippen molar-refractivity contribution in [1.29, 1.82) is 0 Å². The molecule has 0 saturated heterocycles. The Morgan fingerprint density at radius 3 is 3.06 bits per heavy atom. The van der Waals surface area contributed by atoms with E-state index in [0.717, 1.165) is 11.3 Å². The van der Waals surface area contributed by atoms with E-state index in [1.54, 1.807) is 7.11 Å². The van der Waals surface area contributed by atoms with Gasteiger partial charge in [-0.2, -0.15) is 0 Å². The Balaban J connectivity index is 2.52. The van der Waals surface area contributed by atoms with Gasteiger partial charge in [-0.3, -0.25) is 4.79 Å². The Bertz CT molecular complexity index is 419. The normalized spacial score (nSPS) is 8.88. The molecule has 0 aromatic heterocycles. The van der Waals surface area contributed by atoms with E-state index in [4.69, 9.17) is 10.5 Å². The molecule has 0 saturated carbocycles. The van der Waals surface area contributed by atoms with E-state index in [1.165, 1.54) is 0 Å². The van der Waals surface area contributed by atoms with Crippen LogP contribution < -0.4 is 15.8 Å². The number of carbonyl (C=O) groups excluding carboxylic acids is 1. The lowest BCUT2D eigenvalue weighted by Gasteiger charge is -1.98. The van der Waals surface area contributed by atoms with Gasteiger partial charge < -0.3 is 15.8 Å². The maximum absolute atomic E-state index is 10.8. The fraction of sp³-hybridized carbons (Fsp3) is 0.250. The molecule has 0 atom stereocenters. The monoisotopic (exact) mass is 218 g/mol. The molecule has 1 aromatic carbocycles.